The van der Waals surface area contributed by atoms with Crippen molar-refractivity contribution in [2.75, 3.05) is 5.43 Å². The zero-order valence-corrected chi connectivity index (χ0v) is 11.0. The zero-order chi connectivity index (χ0) is 15.5. The van der Waals surface area contributed by atoms with Crippen molar-refractivity contribution in [2.24, 2.45) is 0 Å². The highest BCUT2D eigenvalue weighted by molar-refractivity contribution is 5.86. The van der Waals surface area contributed by atoms with E-state index in [1.54, 1.807) is 0 Å². The Kier molecular flexibility index (Phi) is 4.26. The maximum Gasteiger partial charge on any atom is 0.573 e. The molecule has 1 aromatic carbocycles. The third-order valence-corrected chi connectivity index (χ3v) is 3.26. The van der Waals surface area contributed by atoms with Gasteiger partial charge < -0.3 is 9.84 Å². The lowest BCUT2D eigenvalue weighted by atomic mass is 10.0. The van der Waals surface area contributed by atoms with Crippen molar-refractivity contribution < 1.29 is 27.8 Å². The number of rotatable bonds is 4. The fourth-order valence-electron chi connectivity index (χ4n) is 2.17. The van der Waals surface area contributed by atoms with Gasteiger partial charge in [0, 0.05) is 0 Å². The smallest absolute Gasteiger partial charge is 0.406 e. The van der Waals surface area contributed by atoms with Crippen LogP contribution >= 0.6 is 0 Å². The van der Waals surface area contributed by atoms with Gasteiger partial charge in [-0.3, -0.25) is 15.6 Å². The van der Waals surface area contributed by atoms with Gasteiger partial charge in [0.25, 0.3) is 5.91 Å². The SMILES string of the molecule is O=C(NNc1ccc(OC(F)(F)F)cc1)C1(O)CCCC1. The van der Waals surface area contributed by atoms with Crippen molar-refractivity contribution in [3.63, 3.8) is 0 Å². The minimum Gasteiger partial charge on any atom is -0.406 e. The number of aliphatic hydroxyl groups is 1. The number of amides is 1. The maximum absolute atomic E-state index is 12.0. The lowest BCUT2D eigenvalue weighted by molar-refractivity contribution is -0.274. The van der Waals surface area contributed by atoms with E-state index in [2.05, 4.69) is 15.6 Å². The summed E-state index contributed by atoms with van der Waals surface area (Å²) in [5.74, 6) is -0.899. The average molecular weight is 304 g/mol. The van der Waals surface area contributed by atoms with Crippen LogP contribution in [0.25, 0.3) is 0 Å². The summed E-state index contributed by atoms with van der Waals surface area (Å²) in [6.45, 7) is 0. The van der Waals surface area contributed by atoms with E-state index in [0.717, 1.165) is 25.0 Å². The van der Waals surface area contributed by atoms with Crippen LogP contribution in [0.4, 0.5) is 18.9 Å². The number of alkyl halides is 3. The molecule has 2 rings (SSSR count). The summed E-state index contributed by atoms with van der Waals surface area (Å²) in [7, 11) is 0. The molecule has 0 atom stereocenters. The fraction of sp³-hybridized carbons (Fsp3) is 0.462. The molecule has 5 nitrogen and oxygen atoms in total. The number of ether oxygens (including phenoxy) is 1. The van der Waals surface area contributed by atoms with Crippen LogP contribution < -0.4 is 15.6 Å². The van der Waals surface area contributed by atoms with Crippen molar-refractivity contribution >= 4 is 11.6 Å². The molecule has 0 radical (unpaired) electrons. The van der Waals surface area contributed by atoms with E-state index in [1.807, 2.05) is 0 Å². The highest BCUT2D eigenvalue weighted by Crippen LogP contribution is 2.29. The predicted octanol–water partition coefficient (Wildman–Crippen LogP) is 2.33. The Hall–Kier alpha value is -1.96. The molecule has 0 bridgehead atoms. The Morgan fingerprint density at radius 1 is 1.19 bits per heavy atom. The molecule has 0 spiro atoms. The maximum atomic E-state index is 12.0. The van der Waals surface area contributed by atoms with Crippen molar-refractivity contribution in [3.8, 4) is 5.75 Å². The minimum absolute atomic E-state index is 0.353. The molecule has 1 aliphatic rings. The second kappa shape index (κ2) is 5.80. The summed E-state index contributed by atoms with van der Waals surface area (Å²) in [6.07, 6.45) is -2.37. The molecule has 1 fully saturated rings. The Morgan fingerprint density at radius 3 is 2.29 bits per heavy atom. The number of anilines is 1. The normalized spacial score (nSPS) is 17.3. The average Bonchev–Trinajstić information content (AvgIpc) is 2.84. The van der Waals surface area contributed by atoms with Crippen LogP contribution in [0.5, 0.6) is 5.75 Å². The molecule has 116 valence electrons. The molecular weight excluding hydrogens is 289 g/mol. The molecule has 1 saturated carbocycles. The highest BCUT2D eigenvalue weighted by atomic mass is 19.4. The van der Waals surface area contributed by atoms with Crippen LogP contribution in [0.2, 0.25) is 0 Å². The van der Waals surface area contributed by atoms with Crippen molar-refractivity contribution in [3.05, 3.63) is 24.3 Å². The molecule has 21 heavy (non-hydrogen) atoms. The first-order chi connectivity index (χ1) is 9.78. The molecule has 0 saturated heterocycles. The summed E-state index contributed by atoms with van der Waals surface area (Å²) < 4.78 is 39.7. The van der Waals surface area contributed by atoms with Crippen LogP contribution in [0.15, 0.2) is 24.3 Å². The first-order valence-corrected chi connectivity index (χ1v) is 6.43. The molecule has 1 aliphatic carbocycles. The van der Waals surface area contributed by atoms with E-state index in [9.17, 15) is 23.1 Å². The van der Waals surface area contributed by atoms with E-state index in [0.29, 0.717) is 18.5 Å². The lowest BCUT2D eigenvalue weighted by Crippen LogP contribution is -2.46. The molecule has 0 aliphatic heterocycles. The molecule has 0 unspecified atom stereocenters. The van der Waals surface area contributed by atoms with Crippen LogP contribution in [-0.4, -0.2) is 23.0 Å². The quantitative estimate of drug-likeness (QED) is 0.747. The fourth-order valence-corrected chi connectivity index (χ4v) is 2.17. The Labute approximate surface area is 119 Å². The van der Waals surface area contributed by atoms with Crippen molar-refractivity contribution in [2.45, 2.75) is 37.6 Å². The Morgan fingerprint density at radius 2 is 1.76 bits per heavy atom. The summed E-state index contributed by atoms with van der Waals surface area (Å²) in [5, 5.41) is 10.0. The molecule has 1 aromatic rings. The van der Waals surface area contributed by atoms with E-state index in [1.165, 1.54) is 12.1 Å². The van der Waals surface area contributed by atoms with E-state index in [-0.39, 0.29) is 5.75 Å². The standard InChI is InChI=1S/C13H15F3N2O3/c14-13(15,16)21-10-5-3-9(4-6-10)17-18-11(19)12(20)7-1-2-8-12/h3-6,17,20H,1-2,7-8H2,(H,18,19). The van der Waals surface area contributed by atoms with Gasteiger partial charge >= 0.3 is 6.36 Å². The third-order valence-electron chi connectivity index (χ3n) is 3.26. The van der Waals surface area contributed by atoms with E-state index >= 15 is 0 Å². The van der Waals surface area contributed by atoms with Gasteiger partial charge in [-0.05, 0) is 49.9 Å². The second-order valence-electron chi connectivity index (χ2n) is 4.89. The van der Waals surface area contributed by atoms with Gasteiger partial charge in [-0.25, -0.2) is 0 Å². The zero-order valence-electron chi connectivity index (χ0n) is 11.0. The molecular formula is C13H15F3N2O3. The first kappa shape index (κ1) is 15.4. The third kappa shape index (κ3) is 4.25. The number of carbonyl (C=O) groups is 1. The lowest BCUT2D eigenvalue weighted by Gasteiger charge is -2.21. The van der Waals surface area contributed by atoms with Crippen molar-refractivity contribution in [1.82, 2.24) is 5.43 Å². The topological polar surface area (TPSA) is 70.6 Å². The molecule has 0 heterocycles. The van der Waals surface area contributed by atoms with Gasteiger partial charge in [0.2, 0.25) is 0 Å². The van der Waals surface area contributed by atoms with Gasteiger partial charge in [0.15, 0.2) is 0 Å². The number of hydrogen-bond acceptors (Lipinski definition) is 4. The number of hydrazine groups is 1. The number of halogens is 3. The number of nitrogens with one attached hydrogen (secondary N) is 2. The van der Waals surface area contributed by atoms with Crippen LogP contribution in [-0.2, 0) is 4.79 Å². The monoisotopic (exact) mass is 304 g/mol. The second-order valence-corrected chi connectivity index (χ2v) is 4.89. The first-order valence-electron chi connectivity index (χ1n) is 6.43. The Balaban J connectivity index is 1.87. The molecule has 1 amide bonds. The minimum atomic E-state index is -4.74. The van der Waals surface area contributed by atoms with E-state index in [4.69, 9.17) is 0 Å². The van der Waals surface area contributed by atoms with Crippen LogP contribution in [0, 0.1) is 0 Å². The van der Waals surface area contributed by atoms with Gasteiger partial charge in [-0.15, -0.1) is 13.2 Å². The van der Waals surface area contributed by atoms with Gasteiger partial charge in [0.05, 0.1) is 5.69 Å². The summed E-state index contributed by atoms with van der Waals surface area (Å²) in [5.41, 5.74) is 3.89. The summed E-state index contributed by atoms with van der Waals surface area (Å²) in [6, 6.07) is 4.87. The largest absolute Gasteiger partial charge is 0.573 e. The van der Waals surface area contributed by atoms with Crippen molar-refractivity contribution in [1.29, 1.82) is 0 Å². The van der Waals surface area contributed by atoms with Gasteiger partial charge in [0.1, 0.15) is 11.4 Å². The Bertz CT molecular complexity index is 496. The van der Waals surface area contributed by atoms with Crippen LogP contribution in [0.3, 0.4) is 0 Å². The molecule has 0 aromatic heterocycles. The summed E-state index contributed by atoms with van der Waals surface area (Å²) in [4.78, 5) is 11.8. The number of hydrogen-bond donors (Lipinski definition) is 3. The van der Waals surface area contributed by atoms with Gasteiger partial charge in [-0.1, -0.05) is 0 Å². The van der Waals surface area contributed by atoms with Crippen LogP contribution in [0.1, 0.15) is 25.7 Å². The molecule has 3 N–H and O–H groups in total. The van der Waals surface area contributed by atoms with Gasteiger partial charge in [-0.2, -0.15) is 0 Å². The highest BCUT2D eigenvalue weighted by Gasteiger charge is 2.38. The number of benzene rings is 1. The summed E-state index contributed by atoms with van der Waals surface area (Å²) >= 11 is 0. The predicted molar refractivity (Wildman–Crippen MR) is 68.3 cm³/mol. The number of carbonyl (C=O) groups excluding carboxylic acids is 1. The molecule has 8 heteroatoms. The van der Waals surface area contributed by atoms with E-state index < -0.39 is 17.9 Å².